The molecule has 0 N–H and O–H groups in total. The summed E-state index contributed by atoms with van der Waals surface area (Å²) in [5, 5.41) is 17.5. The molecule has 1 aliphatic rings. The molecule has 0 aromatic heterocycles. The lowest BCUT2D eigenvalue weighted by Crippen LogP contribution is -2.08. The monoisotopic (exact) mass is 320 g/mol. The number of rotatable bonds is 5. The Hall–Kier alpha value is -3.18. The van der Waals surface area contributed by atoms with Gasteiger partial charge in [-0.25, -0.2) is 0 Å². The molecule has 0 amide bonds. The predicted molar refractivity (Wildman–Crippen MR) is 88.1 cm³/mol. The Morgan fingerprint density at radius 1 is 0.917 bits per heavy atom. The van der Waals surface area contributed by atoms with E-state index in [9.17, 15) is 0 Å². The normalized spacial score (nSPS) is 11.5. The standard InChI is InChI=1S/C19H16N2O3/c1-22-15-4-5-17-13(10-15)2-3-14-11-16(23-8-6-20)12-18(19(14)17)24-9-7-21/h4-5,10-12H,2-3,8-9H2,1H3. The zero-order chi connectivity index (χ0) is 16.9. The van der Waals surface area contributed by atoms with Crippen LogP contribution in [-0.2, 0) is 12.8 Å². The fraction of sp³-hybridized carbons (Fsp3) is 0.263. The second kappa shape index (κ2) is 6.93. The molecule has 0 aliphatic heterocycles. The minimum absolute atomic E-state index is 0.0235. The van der Waals surface area contributed by atoms with Gasteiger partial charge in [-0.05, 0) is 47.7 Å². The number of hydrogen-bond acceptors (Lipinski definition) is 5. The summed E-state index contributed by atoms with van der Waals surface area (Å²) in [6, 6.07) is 13.6. The summed E-state index contributed by atoms with van der Waals surface area (Å²) in [6.07, 6.45) is 1.72. The summed E-state index contributed by atoms with van der Waals surface area (Å²) in [4.78, 5) is 0. The van der Waals surface area contributed by atoms with Crippen LogP contribution in [0.4, 0.5) is 0 Å². The Morgan fingerprint density at radius 2 is 1.62 bits per heavy atom. The lowest BCUT2D eigenvalue weighted by Gasteiger charge is -2.23. The Morgan fingerprint density at radius 3 is 2.38 bits per heavy atom. The first-order valence-corrected chi connectivity index (χ1v) is 7.60. The van der Waals surface area contributed by atoms with Gasteiger partial charge in [-0.1, -0.05) is 6.07 Å². The molecule has 0 heterocycles. The van der Waals surface area contributed by atoms with Crippen molar-refractivity contribution >= 4 is 0 Å². The van der Waals surface area contributed by atoms with Crippen molar-refractivity contribution in [3.63, 3.8) is 0 Å². The van der Waals surface area contributed by atoms with Gasteiger partial charge in [-0.3, -0.25) is 0 Å². The third kappa shape index (κ3) is 2.98. The van der Waals surface area contributed by atoms with Gasteiger partial charge >= 0.3 is 0 Å². The first-order chi connectivity index (χ1) is 11.8. The minimum Gasteiger partial charge on any atom is -0.497 e. The third-order valence-electron chi connectivity index (χ3n) is 4.00. The van der Waals surface area contributed by atoms with E-state index in [1.165, 1.54) is 5.56 Å². The van der Waals surface area contributed by atoms with Gasteiger partial charge in [0.05, 0.1) is 7.11 Å². The van der Waals surface area contributed by atoms with Gasteiger partial charge < -0.3 is 14.2 Å². The largest absolute Gasteiger partial charge is 0.497 e. The van der Waals surface area contributed by atoms with Gasteiger partial charge in [0, 0.05) is 11.6 Å². The van der Waals surface area contributed by atoms with Gasteiger partial charge in [-0.2, -0.15) is 10.5 Å². The second-order valence-corrected chi connectivity index (χ2v) is 5.37. The van der Waals surface area contributed by atoms with Gasteiger partial charge in [-0.15, -0.1) is 0 Å². The third-order valence-corrected chi connectivity index (χ3v) is 4.00. The van der Waals surface area contributed by atoms with E-state index in [4.69, 9.17) is 24.7 Å². The van der Waals surface area contributed by atoms with Crippen molar-refractivity contribution in [2.24, 2.45) is 0 Å². The van der Waals surface area contributed by atoms with Crippen molar-refractivity contribution in [2.75, 3.05) is 20.3 Å². The van der Waals surface area contributed by atoms with Crippen LogP contribution in [0.2, 0.25) is 0 Å². The van der Waals surface area contributed by atoms with E-state index in [2.05, 4.69) is 0 Å². The molecule has 0 saturated carbocycles. The van der Waals surface area contributed by atoms with Crippen LogP contribution in [-0.4, -0.2) is 20.3 Å². The molecule has 3 rings (SSSR count). The van der Waals surface area contributed by atoms with Crippen molar-refractivity contribution in [1.82, 2.24) is 0 Å². The highest BCUT2D eigenvalue weighted by molar-refractivity contribution is 5.80. The Kier molecular flexibility index (Phi) is 4.54. The number of nitriles is 2. The van der Waals surface area contributed by atoms with Crippen LogP contribution in [0.3, 0.4) is 0 Å². The van der Waals surface area contributed by atoms with E-state index < -0.39 is 0 Å². The highest BCUT2D eigenvalue weighted by Crippen LogP contribution is 2.43. The van der Waals surface area contributed by atoms with E-state index in [1.54, 1.807) is 13.2 Å². The summed E-state index contributed by atoms with van der Waals surface area (Å²) in [5.41, 5.74) is 4.35. The quantitative estimate of drug-likeness (QED) is 0.845. The summed E-state index contributed by atoms with van der Waals surface area (Å²) in [6.45, 7) is -0.0656. The molecule has 120 valence electrons. The topological polar surface area (TPSA) is 75.3 Å². The number of methoxy groups -OCH3 is 1. The zero-order valence-corrected chi connectivity index (χ0v) is 13.3. The van der Waals surface area contributed by atoms with Crippen LogP contribution in [0.1, 0.15) is 11.1 Å². The van der Waals surface area contributed by atoms with Gasteiger partial charge in [0.2, 0.25) is 0 Å². The lowest BCUT2D eigenvalue weighted by molar-refractivity contribution is 0.349. The molecule has 24 heavy (non-hydrogen) atoms. The van der Waals surface area contributed by atoms with E-state index >= 15 is 0 Å². The van der Waals surface area contributed by atoms with Gasteiger partial charge in [0.1, 0.15) is 29.4 Å². The van der Waals surface area contributed by atoms with Crippen molar-refractivity contribution in [1.29, 1.82) is 10.5 Å². The number of benzene rings is 2. The van der Waals surface area contributed by atoms with Gasteiger partial charge in [0.15, 0.2) is 13.2 Å². The molecule has 1 aliphatic carbocycles. The summed E-state index contributed by atoms with van der Waals surface area (Å²) >= 11 is 0. The number of nitrogens with zero attached hydrogens (tertiary/aromatic N) is 2. The van der Waals surface area contributed by atoms with E-state index in [1.807, 2.05) is 36.4 Å². The van der Waals surface area contributed by atoms with Crippen LogP contribution in [0.5, 0.6) is 17.2 Å². The van der Waals surface area contributed by atoms with E-state index in [0.717, 1.165) is 35.3 Å². The van der Waals surface area contributed by atoms with Crippen LogP contribution in [0.15, 0.2) is 30.3 Å². The molecular weight excluding hydrogens is 304 g/mol. The fourth-order valence-electron chi connectivity index (χ4n) is 2.99. The molecule has 0 saturated heterocycles. The first-order valence-electron chi connectivity index (χ1n) is 7.60. The summed E-state index contributed by atoms with van der Waals surface area (Å²) < 4.78 is 16.4. The zero-order valence-electron chi connectivity index (χ0n) is 13.3. The molecule has 0 bridgehead atoms. The fourth-order valence-corrected chi connectivity index (χ4v) is 2.99. The van der Waals surface area contributed by atoms with Crippen LogP contribution in [0, 0.1) is 22.7 Å². The molecule has 0 unspecified atom stereocenters. The van der Waals surface area contributed by atoms with Gasteiger partial charge in [0.25, 0.3) is 0 Å². The van der Waals surface area contributed by atoms with E-state index in [-0.39, 0.29) is 13.2 Å². The van der Waals surface area contributed by atoms with Crippen molar-refractivity contribution in [3.8, 4) is 40.5 Å². The second-order valence-electron chi connectivity index (χ2n) is 5.37. The molecule has 0 atom stereocenters. The van der Waals surface area contributed by atoms with E-state index in [0.29, 0.717) is 11.5 Å². The van der Waals surface area contributed by atoms with Crippen molar-refractivity contribution in [3.05, 3.63) is 41.5 Å². The van der Waals surface area contributed by atoms with Crippen LogP contribution >= 0.6 is 0 Å². The SMILES string of the molecule is COc1ccc2c(c1)CCc1cc(OCC#N)cc(OCC#N)c1-2. The lowest BCUT2D eigenvalue weighted by atomic mass is 9.84. The maximum Gasteiger partial charge on any atom is 0.174 e. The summed E-state index contributed by atoms with van der Waals surface area (Å²) in [7, 11) is 1.65. The van der Waals surface area contributed by atoms with Crippen molar-refractivity contribution in [2.45, 2.75) is 12.8 Å². The maximum atomic E-state index is 8.84. The minimum atomic E-state index is -0.0420. The first kappa shape index (κ1) is 15.7. The Balaban J connectivity index is 2.10. The highest BCUT2D eigenvalue weighted by Gasteiger charge is 2.22. The number of ether oxygens (including phenoxy) is 3. The molecule has 0 fully saturated rings. The Bertz CT molecular complexity index is 847. The number of aryl methyl sites for hydroxylation is 2. The van der Waals surface area contributed by atoms with Crippen LogP contribution < -0.4 is 14.2 Å². The molecular formula is C19H16N2O3. The molecule has 5 heteroatoms. The molecule has 2 aromatic rings. The molecule has 2 aromatic carbocycles. The molecule has 0 radical (unpaired) electrons. The highest BCUT2D eigenvalue weighted by atomic mass is 16.5. The number of hydrogen-bond donors (Lipinski definition) is 0. The van der Waals surface area contributed by atoms with Crippen molar-refractivity contribution < 1.29 is 14.2 Å². The molecule has 5 nitrogen and oxygen atoms in total. The Labute approximate surface area is 140 Å². The molecule has 0 spiro atoms. The smallest absolute Gasteiger partial charge is 0.174 e. The average molecular weight is 320 g/mol. The maximum absolute atomic E-state index is 8.84. The average Bonchev–Trinajstić information content (AvgIpc) is 2.63. The summed E-state index contributed by atoms with van der Waals surface area (Å²) in [5.74, 6) is 2.01. The predicted octanol–water partition coefficient (Wildman–Crippen LogP) is 3.27. The van der Waals surface area contributed by atoms with Crippen LogP contribution in [0.25, 0.3) is 11.1 Å². The number of fused-ring (bicyclic) bond motifs is 3.